The highest BCUT2D eigenvalue weighted by molar-refractivity contribution is 7.85. The molecule has 0 bridgehead atoms. The molecule has 0 unspecified atom stereocenters. The van der Waals surface area contributed by atoms with Gasteiger partial charge in [-0.15, -0.1) is 0 Å². The van der Waals surface area contributed by atoms with Gasteiger partial charge in [-0.1, -0.05) is 24.4 Å². The van der Waals surface area contributed by atoms with Crippen LogP contribution in [0.2, 0.25) is 5.15 Å². The molecule has 7 heteroatoms. The molecule has 116 valence electrons. The Hall–Kier alpha value is -0.880. The van der Waals surface area contributed by atoms with Gasteiger partial charge in [0.1, 0.15) is 5.15 Å². The standard InChI is InChI=1S/C14H19ClN2O3S/c15-12-11(9-3-1-2-4-9)13(18)17(14(19)16-12)10-5-7-21(20)8-6-10/h9-10H,1-8H2,(H,16,19). The summed E-state index contributed by atoms with van der Waals surface area (Å²) < 4.78 is 12.8. The van der Waals surface area contributed by atoms with Crippen LogP contribution in [0.1, 0.15) is 56.0 Å². The Morgan fingerprint density at radius 1 is 1.10 bits per heavy atom. The van der Waals surface area contributed by atoms with E-state index in [-0.39, 0.29) is 22.7 Å². The van der Waals surface area contributed by atoms with Crippen LogP contribution < -0.4 is 11.2 Å². The van der Waals surface area contributed by atoms with Gasteiger partial charge < -0.3 is 0 Å². The zero-order valence-electron chi connectivity index (χ0n) is 11.8. The van der Waals surface area contributed by atoms with E-state index in [0.717, 1.165) is 25.7 Å². The highest BCUT2D eigenvalue weighted by atomic mass is 35.5. The summed E-state index contributed by atoms with van der Waals surface area (Å²) >= 11 is 6.13. The maximum absolute atomic E-state index is 12.8. The SMILES string of the molecule is O=c1[nH]c(Cl)c(C2CCCC2)c(=O)n1C1CCS(=O)CC1. The van der Waals surface area contributed by atoms with E-state index in [1.807, 2.05) is 0 Å². The topological polar surface area (TPSA) is 71.9 Å². The third kappa shape index (κ3) is 2.88. The smallest absolute Gasteiger partial charge is 0.297 e. The first-order valence-corrected chi connectivity index (χ1v) is 9.33. The fourth-order valence-corrected chi connectivity index (χ4v) is 5.07. The van der Waals surface area contributed by atoms with E-state index in [0.29, 0.717) is 29.9 Å². The van der Waals surface area contributed by atoms with Crippen molar-refractivity contribution in [1.82, 2.24) is 9.55 Å². The van der Waals surface area contributed by atoms with Crippen LogP contribution >= 0.6 is 11.6 Å². The van der Waals surface area contributed by atoms with Gasteiger partial charge in [-0.25, -0.2) is 4.79 Å². The Morgan fingerprint density at radius 3 is 2.33 bits per heavy atom. The molecule has 2 fully saturated rings. The van der Waals surface area contributed by atoms with E-state index in [1.54, 1.807) is 0 Å². The van der Waals surface area contributed by atoms with E-state index < -0.39 is 16.5 Å². The molecular formula is C14H19ClN2O3S. The van der Waals surface area contributed by atoms with Crippen molar-refractivity contribution in [3.05, 3.63) is 31.6 Å². The van der Waals surface area contributed by atoms with Crippen LogP contribution in [0.3, 0.4) is 0 Å². The van der Waals surface area contributed by atoms with E-state index >= 15 is 0 Å². The van der Waals surface area contributed by atoms with Crippen molar-refractivity contribution in [2.75, 3.05) is 11.5 Å². The summed E-state index contributed by atoms with van der Waals surface area (Å²) in [6.07, 6.45) is 5.33. The van der Waals surface area contributed by atoms with Crippen molar-refractivity contribution in [3.8, 4) is 0 Å². The van der Waals surface area contributed by atoms with Crippen molar-refractivity contribution in [3.63, 3.8) is 0 Å². The molecule has 2 heterocycles. The summed E-state index contributed by atoms with van der Waals surface area (Å²) in [5.41, 5.74) is -0.113. The Bertz CT molecular complexity index is 666. The molecule has 1 saturated heterocycles. The summed E-state index contributed by atoms with van der Waals surface area (Å²) in [5, 5.41) is 0.201. The van der Waals surface area contributed by atoms with E-state index in [1.165, 1.54) is 4.57 Å². The second kappa shape index (κ2) is 6.08. The summed E-state index contributed by atoms with van der Waals surface area (Å²) in [5.74, 6) is 1.27. The maximum atomic E-state index is 12.8. The van der Waals surface area contributed by atoms with Gasteiger partial charge in [0.2, 0.25) is 0 Å². The minimum Gasteiger partial charge on any atom is -0.297 e. The van der Waals surface area contributed by atoms with Crippen molar-refractivity contribution in [2.24, 2.45) is 0 Å². The fraction of sp³-hybridized carbons (Fsp3) is 0.714. The van der Waals surface area contributed by atoms with Gasteiger partial charge >= 0.3 is 5.69 Å². The van der Waals surface area contributed by atoms with E-state index in [9.17, 15) is 13.8 Å². The van der Waals surface area contributed by atoms with Crippen molar-refractivity contribution >= 4 is 22.4 Å². The van der Waals surface area contributed by atoms with Crippen molar-refractivity contribution < 1.29 is 4.21 Å². The highest BCUT2D eigenvalue weighted by Gasteiger charge is 2.28. The molecule has 0 atom stereocenters. The molecule has 3 rings (SSSR count). The number of rotatable bonds is 2. The van der Waals surface area contributed by atoms with E-state index in [4.69, 9.17) is 11.6 Å². The average Bonchev–Trinajstić information content (AvgIpc) is 2.94. The van der Waals surface area contributed by atoms with Gasteiger partial charge in [0, 0.05) is 28.3 Å². The second-order valence-corrected chi connectivity index (χ2v) is 7.97. The minimum atomic E-state index is -0.813. The van der Waals surface area contributed by atoms with Crippen molar-refractivity contribution in [2.45, 2.75) is 50.5 Å². The van der Waals surface area contributed by atoms with Gasteiger partial charge in [0.15, 0.2) is 0 Å². The summed E-state index contributed by atoms with van der Waals surface area (Å²) in [6.45, 7) is 0. The van der Waals surface area contributed by atoms with Crippen LogP contribution in [0, 0.1) is 0 Å². The number of hydrogen-bond donors (Lipinski definition) is 1. The van der Waals surface area contributed by atoms with Crippen LogP contribution in [-0.4, -0.2) is 25.3 Å². The lowest BCUT2D eigenvalue weighted by Crippen LogP contribution is -2.42. The molecule has 2 aliphatic rings. The average molecular weight is 331 g/mol. The molecule has 1 aliphatic heterocycles. The normalized spacial score (nSPS) is 27.1. The Labute approximate surface area is 130 Å². The van der Waals surface area contributed by atoms with E-state index in [2.05, 4.69) is 4.98 Å². The monoisotopic (exact) mass is 330 g/mol. The minimum absolute atomic E-state index is 0.156. The molecule has 1 N–H and O–H groups in total. The van der Waals surface area contributed by atoms with Gasteiger partial charge in [-0.3, -0.25) is 18.6 Å². The molecule has 1 saturated carbocycles. The zero-order valence-corrected chi connectivity index (χ0v) is 13.3. The first kappa shape index (κ1) is 15.0. The predicted octanol–water partition coefficient (Wildman–Crippen LogP) is 1.93. The van der Waals surface area contributed by atoms with Crippen molar-refractivity contribution in [1.29, 1.82) is 0 Å². The number of nitrogens with one attached hydrogen (secondary N) is 1. The third-order valence-electron chi connectivity index (χ3n) is 4.61. The molecule has 21 heavy (non-hydrogen) atoms. The zero-order chi connectivity index (χ0) is 15.0. The largest absolute Gasteiger partial charge is 0.329 e. The molecule has 5 nitrogen and oxygen atoms in total. The fourth-order valence-electron chi connectivity index (χ4n) is 3.48. The summed E-state index contributed by atoms with van der Waals surface area (Å²) in [4.78, 5) is 27.5. The Morgan fingerprint density at radius 2 is 1.71 bits per heavy atom. The molecular weight excluding hydrogens is 312 g/mol. The highest BCUT2D eigenvalue weighted by Crippen LogP contribution is 2.35. The van der Waals surface area contributed by atoms with Gasteiger partial charge in [0.05, 0.1) is 5.56 Å². The number of aromatic amines is 1. The summed E-state index contributed by atoms with van der Waals surface area (Å²) in [7, 11) is -0.813. The molecule has 1 aliphatic carbocycles. The van der Waals surface area contributed by atoms with Crippen LogP contribution in [0.5, 0.6) is 0 Å². The predicted molar refractivity (Wildman–Crippen MR) is 83.7 cm³/mol. The van der Waals surface area contributed by atoms with Gasteiger partial charge in [-0.05, 0) is 31.6 Å². The number of halogens is 1. The third-order valence-corrected chi connectivity index (χ3v) is 6.29. The van der Waals surface area contributed by atoms with Crippen LogP contribution in [0.15, 0.2) is 9.59 Å². The molecule has 0 radical (unpaired) electrons. The molecule has 0 aromatic carbocycles. The Balaban J connectivity index is 2.04. The Kier molecular flexibility index (Phi) is 4.36. The number of nitrogens with zero attached hydrogens (tertiary/aromatic N) is 1. The number of H-pyrrole nitrogens is 1. The maximum Gasteiger partial charge on any atom is 0.329 e. The van der Waals surface area contributed by atoms with Crippen LogP contribution in [0.4, 0.5) is 0 Å². The van der Waals surface area contributed by atoms with Gasteiger partial charge in [0.25, 0.3) is 5.56 Å². The molecule has 1 aromatic rings. The first-order valence-electron chi connectivity index (χ1n) is 7.47. The molecule has 0 spiro atoms. The quantitative estimate of drug-likeness (QED) is 0.842. The first-order chi connectivity index (χ1) is 10.1. The van der Waals surface area contributed by atoms with Gasteiger partial charge in [-0.2, -0.15) is 0 Å². The summed E-state index contributed by atoms with van der Waals surface area (Å²) in [6, 6.07) is -0.156. The molecule has 0 amide bonds. The second-order valence-electron chi connectivity index (χ2n) is 5.89. The number of aromatic nitrogens is 2. The lowest BCUT2D eigenvalue weighted by molar-refractivity contribution is 0.426. The number of hydrogen-bond acceptors (Lipinski definition) is 3. The molecule has 1 aromatic heterocycles. The lowest BCUT2D eigenvalue weighted by Gasteiger charge is -2.24. The van der Waals surface area contributed by atoms with Crippen LogP contribution in [0.25, 0.3) is 0 Å². The van der Waals surface area contributed by atoms with Crippen LogP contribution in [-0.2, 0) is 10.8 Å². The lowest BCUT2D eigenvalue weighted by atomic mass is 10.00.